The van der Waals surface area contributed by atoms with Crippen LogP contribution < -0.4 is 0 Å². The van der Waals surface area contributed by atoms with Gasteiger partial charge in [0.25, 0.3) is 0 Å². The summed E-state index contributed by atoms with van der Waals surface area (Å²) in [6, 6.07) is 0. The summed E-state index contributed by atoms with van der Waals surface area (Å²) in [5, 5.41) is 10.7. The molecule has 0 aromatic carbocycles. The van der Waals surface area contributed by atoms with E-state index in [0.717, 1.165) is 12.8 Å². The van der Waals surface area contributed by atoms with Crippen molar-refractivity contribution >= 4 is 0 Å². The van der Waals surface area contributed by atoms with E-state index in [2.05, 4.69) is 6.92 Å². The van der Waals surface area contributed by atoms with Gasteiger partial charge in [-0.2, -0.15) is 0 Å². The zero-order chi connectivity index (χ0) is 8.32. The Bertz CT molecular complexity index is 114. The second-order valence-corrected chi connectivity index (χ2v) is 3.99. The molecule has 1 atom stereocenters. The first-order valence-corrected chi connectivity index (χ1v) is 4.62. The average molecular weight is 154 g/mol. The normalized spacial score (nSPS) is 26.5. The Morgan fingerprint density at radius 2 is 1.91 bits per heavy atom. The lowest BCUT2D eigenvalue weighted by Crippen LogP contribution is -2.30. The molecule has 0 aromatic rings. The molecule has 0 aliphatic heterocycles. The quantitative estimate of drug-likeness (QED) is 0.583. The Labute approximate surface area is 69.8 Å². The molecule has 2 radical (unpaired) electrons. The molecule has 11 heavy (non-hydrogen) atoms. The van der Waals surface area contributed by atoms with E-state index in [1.165, 1.54) is 19.3 Å². The van der Waals surface area contributed by atoms with Gasteiger partial charge in [-0.15, -0.1) is 0 Å². The van der Waals surface area contributed by atoms with Crippen molar-refractivity contribution in [3.05, 3.63) is 6.92 Å². The fourth-order valence-electron chi connectivity index (χ4n) is 1.93. The van der Waals surface area contributed by atoms with Gasteiger partial charge in [0, 0.05) is 0 Å². The Hall–Kier alpha value is -0.0400. The molecule has 1 nitrogen and oxygen atoms in total. The van der Waals surface area contributed by atoms with Crippen LogP contribution in [0.3, 0.4) is 0 Å². The second kappa shape index (κ2) is 3.57. The van der Waals surface area contributed by atoms with Crippen LogP contribution in [0.25, 0.3) is 0 Å². The molecule has 64 valence electrons. The summed E-state index contributed by atoms with van der Waals surface area (Å²) in [6.07, 6.45) is 6.21. The fraction of sp³-hybridized carbons (Fsp3) is 0.900. The summed E-state index contributed by atoms with van der Waals surface area (Å²) in [5.74, 6) is 0.266. The molecule has 1 aliphatic carbocycles. The van der Waals surface area contributed by atoms with Gasteiger partial charge in [-0.3, -0.25) is 0 Å². The van der Waals surface area contributed by atoms with Gasteiger partial charge in [0.1, 0.15) is 0 Å². The van der Waals surface area contributed by atoms with Crippen molar-refractivity contribution < 1.29 is 5.11 Å². The van der Waals surface area contributed by atoms with Gasteiger partial charge in [0.05, 0.1) is 6.61 Å². The molecule has 0 aromatic heterocycles. The molecule has 0 N–H and O–H groups in total. The van der Waals surface area contributed by atoms with Gasteiger partial charge in [0.2, 0.25) is 0 Å². The molecule has 1 fully saturated rings. The van der Waals surface area contributed by atoms with E-state index in [0.29, 0.717) is 0 Å². The minimum atomic E-state index is 0.0451. The number of rotatable bonds is 2. The van der Waals surface area contributed by atoms with E-state index in [-0.39, 0.29) is 17.9 Å². The van der Waals surface area contributed by atoms with Crippen molar-refractivity contribution in [1.29, 1.82) is 0 Å². The zero-order valence-electron chi connectivity index (χ0n) is 7.44. The molecular weight excluding hydrogens is 136 g/mol. The topological polar surface area (TPSA) is 19.9 Å². The Morgan fingerprint density at radius 3 is 2.36 bits per heavy atom. The summed E-state index contributed by atoms with van der Waals surface area (Å²) in [6.45, 7) is 6.29. The summed E-state index contributed by atoms with van der Waals surface area (Å²) >= 11 is 0. The second-order valence-electron chi connectivity index (χ2n) is 3.99. The summed E-state index contributed by atoms with van der Waals surface area (Å²) in [5.41, 5.74) is 0.125. The number of hydrogen-bond acceptors (Lipinski definition) is 0. The van der Waals surface area contributed by atoms with Crippen molar-refractivity contribution in [3.8, 4) is 0 Å². The van der Waals surface area contributed by atoms with Gasteiger partial charge in [-0.05, 0) is 31.1 Å². The third kappa shape index (κ3) is 1.96. The van der Waals surface area contributed by atoms with Crippen LogP contribution in [0.2, 0.25) is 0 Å². The lowest BCUT2D eigenvalue weighted by atomic mass is 9.68. The van der Waals surface area contributed by atoms with Crippen molar-refractivity contribution in [2.45, 2.75) is 39.0 Å². The minimum Gasteiger partial charge on any atom is -0.236 e. The zero-order valence-corrected chi connectivity index (χ0v) is 7.44. The van der Waals surface area contributed by atoms with Crippen LogP contribution in [0.1, 0.15) is 39.0 Å². The van der Waals surface area contributed by atoms with E-state index in [1.807, 2.05) is 6.92 Å². The lowest BCUT2D eigenvalue weighted by Gasteiger charge is -2.37. The van der Waals surface area contributed by atoms with Gasteiger partial charge < -0.3 is 0 Å². The molecule has 1 rings (SSSR count). The summed E-state index contributed by atoms with van der Waals surface area (Å²) in [7, 11) is 0. The Balaban J connectivity index is 2.49. The molecule has 1 heteroatoms. The van der Waals surface area contributed by atoms with Crippen LogP contribution in [-0.2, 0) is 5.11 Å². The molecule has 0 saturated heterocycles. The first kappa shape index (κ1) is 9.05. The first-order valence-electron chi connectivity index (χ1n) is 4.62. The SMILES string of the molecule is [CH2]C1(C(C)C[O])CCCCC1. The lowest BCUT2D eigenvalue weighted by molar-refractivity contribution is 0.0634. The predicted octanol–water partition coefficient (Wildman–Crippen LogP) is 2.84. The minimum absolute atomic E-state index is 0.0451. The van der Waals surface area contributed by atoms with Gasteiger partial charge in [-0.25, -0.2) is 5.11 Å². The Morgan fingerprint density at radius 1 is 1.36 bits per heavy atom. The van der Waals surface area contributed by atoms with E-state index in [1.54, 1.807) is 0 Å². The third-order valence-electron chi connectivity index (χ3n) is 3.14. The van der Waals surface area contributed by atoms with Crippen LogP contribution in [0.15, 0.2) is 0 Å². The van der Waals surface area contributed by atoms with Gasteiger partial charge in [0.15, 0.2) is 0 Å². The standard InChI is InChI=1S/C10H18O/c1-9(8-11)10(2)6-4-3-5-7-10/h9H,2-8H2,1H3. The maximum absolute atomic E-state index is 10.7. The fourth-order valence-corrected chi connectivity index (χ4v) is 1.93. The highest BCUT2D eigenvalue weighted by molar-refractivity contribution is 4.88. The molecule has 0 spiro atoms. The third-order valence-corrected chi connectivity index (χ3v) is 3.14. The highest BCUT2D eigenvalue weighted by Crippen LogP contribution is 2.41. The van der Waals surface area contributed by atoms with E-state index in [4.69, 9.17) is 0 Å². The van der Waals surface area contributed by atoms with Crippen molar-refractivity contribution in [3.63, 3.8) is 0 Å². The molecule has 1 unspecified atom stereocenters. The highest BCUT2D eigenvalue weighted by Gasteiger charge is 2.32. The largest absolute Gasteiger partial charge is 0.236 e. The molecule has 1 aliphatic rings. The van der Waals surface area contributed by atoms with Crippen LogP contribution >= 0.6 is 0 Å². The van der Waals surface area contributed by atoms with E-state index < -0.39 is 0 Å². The number of hydrogen-bond donors (Lipinski definition) is 0. The monoisotopic (exact) mass is 154 g/mol. The molecule has 0 amide bonds. The predicted molar refractivity (Wildman–Crippen MR) is 45.6 cm³/mol. The van der Waals surface area contributed by atoms with Crippen LogP contribution in [-0.4, -0.2) is 6.61 Å². The maximum atomic E-state index is 10.7. The first-order chi connectivity index (χ1) is 5.19. The maximum Gasteiger partial charge on any atom is 0.0853 e. The smallest absolute Gasteiger partial charge is 0.0853 e. The average Bonchev–Trinajstić information content (AvgIpc) is 2.04. The van der Waals surface area contributed by atoms with Crippen molar-refractivity contribution in [2.24, 2.45) is 11.3 Å². The summed E-state index contributed by atoms with van der Waals surface area (Å²) < 4.78 is 0. The van der Waals surface area contributed by atoms with Crippen LogP contribution in [0, 0.1) is 18.3 Å². The Kier molecular flexibility index (Phi) is 2.94. The van der Waals surface area contributed by atoms with Crippen molar-refractivity contribution in [2.75, 3.05) is 6.61 Å². The summed E-state index contributed by atoms with van der Waals surface area (Å²) in [4.78, 5) is 0. The van der Waals surface area contributed by atoms with Crippen LogP contribution in [0.5, 0.6) is 0 Å². The van der Waals surface area contributed by atoms with Crippen molar-refractivity contribution in [1.82, 2.24) is 0 Å². The molecular formula is C10H18O. The molecule has 0 heterocycles. The highest BCUT2D eigenvalue weighted by atomic mass is 16.3. The van der Waals surface area contributed by atoms with Gasteiger partial charge >= 0.3 is 0 Å². The van der Waals surface area contributed by atoms with Crippen LogP contribution in [0.4, 0.5) is 0 Å². The van der Waals surface area contributed by atoms with E-state index in [9.17, 15) is 5.11 Å². The molecule has 0 bridgehead atoms. The van der Waals surface area contributed by atoms with E-state index >= 15 is 0 Å². The molecule has 1 saturated carbocycles. The van der Waals surface area contributed by atoms with Gasteiger partial charge in [-0.1, -0.05) is 26.2 Å².